The number of nitrogens with one attached hydrogen (secondary N) is 1. The molecular weight excluding hydrogens is 286 g/mol. The van der Waals surface area contributed by atoms with Gasteiger partial charge in [-0.15, -0.1) is 0 Å². The predicted octanol–water partition coefficient (Wildman–Crippen LogP) is 2.64. The normalized spacial score (nSPS) is 13.3. The molecule has 0 saturated carbocycles. The van der Waals surface area contributed by atoms with E-state index in [1.165, 1.54) is 0 Å². The van der Waals surface area contributed by atoms with E-state index in [1.54, 1.807) is 17.8 Å². The maximum atomic E-state index is 12.6. The molecule has 21 heavy (non-hydrogen) atoms. The smallest absolute Gasteiger partial charge is 0.244 e. The van der Waals surface area contributed by atoms with E-state index >= 15 is 0 Å². The summed E-state index contributed by atoms with van der Waals surface area (Å²) in [7, 11) is -3.57. The largest absolute Gasteiger partial charge is 0.271 e. The minimum Gasteiger partial charge on any atom is -0.271 e. The van der Waals surface area contributed by atoms with Crippen LogP contribution >= 0.6 is 0 Å². The number of sulfonamides is 1. The van der Waals surface area contributed by atoms with Gasteiger partial charge in [0.15, 0.2) is 0 Å². The van der Waals surface area contributed by atoms with E-state index in [2.05, 4.69) is 9.82 Å². The molecule has 0 spiro atoms. The van der Waals surface area contributed by atoms with Gasteiger partial charge in [0.05, 0.1) is 5.69 Å². The third kappa shape index (κ3) is 3.51. The zero-order chi connectivity index (χ0) is 15.5. The highest BCUT2D eigenvalue weighted by atomic mass is 32.2. The van der Waals surface area contributed by atoms with Crippen LogP contribution < -0.4 is 4.72 Å². The molecule has 1 atom stereocenters. The first-order valence-corrected chi connectivity index (χ1v) is 8.57. The van der Waals surface area contributed by atoms with Crippen molar-refractivity contribution in [3.05, 3.63) is 47.8 Å². The molecule has 6 heteroatoms. The van der Waals surface area contributed by atoms with Crippen LogP contribution in [0.15, 0.2) is 41.4 Å². The van der Waals surface area contributed by atoms with Gasteiger partial charge in [-0.3, -0.25) is 4.68 Å². The quantitative estimate of drug-likeness (QED) is 0.892. The van der Waals surface area contributed by atoms with Crippen molar-refractivity contribution in [1.82, 2.24) is 14.5 Å². The standard InChI is InChI=1S/C15H21N3O2S/c1-4-14(13-9-7-6-8-10-13)17-21(19,20)15-11-18(5-2)16-12(15)3/h6-11,14,17H,4-5H2,1-3H3. The lowest BCUT2D eigenvalue weighted by molar-refractivity contribution is 0.549. The van der Waals surface area contributed by atoms with Crippen LogP contribution in [0, 0.1) is 6.92 Å². The molecule has 0 radical (unpaired) electrons. The van der Waals surface area contributed by atoms with Crippen molar-refractivity contribution in [2.24, 2.45) is 0 Å². The third-order valence-corrected chi connectivity index (χ3v) is 5.00. The molecule has 1 unspecified atom stereocenters. The average molecular weight is 307 g/mol. The van der Waals surface area contributed by atoms with Crippen LogP contribution in [0.5, 0.6) is 0 Å². The lowest BCUT2D eigenvalue weighted by atomic mass is 10.1. The van der Waals surface area contributed by atoms with Gasteiger partial charge in [-0.25, -0.2) is 13.1 Å². The summed E-state index contributed by atoms with van der Waals surface area (Å²) in [6.07, 6.45) is 2.26. The molecule has 0 aliphatic carbocycles. The summed E-state index contributed by atoms with van der Waals surface area (Å²) in [6.45, 7) is 6.24. The first-order valence-electron chi connectivity index (χ1n) is 7.09. The molecule has 1 aromatic heterocycles. The van der Waals surface area contributed by atoms with E-state index in [4.69, 9.17) is 0 Å². The van der Waals surface area contributed by atoms with Gasteiger partial charge in [0.25, 0.3) is 0 Å². The van der Waals surface area contributed by atoms with E-state index < -0.39 is 10.0 Å². The van der Waals surface area contributed by atoms with E-state index in [9.17, 15) is 8.42 Å². The summed E-state index contributed by atoms with van der Waals surface area (Å²) >= 11 is 0. The van der Waals surface area contributed by atoms with Gasteiger partial charge in [0, 0.05) is 18.8 Å². The molecule has 5 nitrogen and oxygen atoms in total. The Morgan fingerprint density at radius 3 is 2.43 bits per heavy atom. The molecule has 0 fully saturated rings. The minimum atomic E-state index is -3.57. The summed E-state index contributed by atoms with van der Waals surface area (Å²) in [6, 6.07) is 9.36. The number of hydrogen-bond donors (Lipinski definition) is 1. The Bertz CT molecular complexity index is 693. The van der Waals surface area contributed by atoms with Crippen molar-refractivity contribution < 1.29 is 8.42 Å². The van der Waals surface area contributed by atoms with Crippen LogP contribution in [0.25, 0.3) is 0 Å². The Labute approximate surface area is 126 Å². The molecule has 0 bridgehead atoms. The van der Waals surface area contributed by atoms with E-state index in [0.29, 0.717) is 18.7 Å². The van der Waals surface area contributed by atoms with Gasteiger partial charge in [-0.2, -0.15) is 5.10 Å². The summed E-state index contributed by atoms with van der Waals surface area (Å²) < 4.78 is 29.5. The van der Waals surface area contributed by atoms with Crippen LogP contribution in [0.2, 0.25) is 0 Å². The predicted molar refractivity (Wildman–Crippen MR) is 82.4 cm³/mol. The molecule has 0 aliphatic heterocycles. The third-order valence-electron chi connectivity index (χ3n) is 3.42. The highest BCUT2D eigenvalue weighted by molar-refractivity contribution is 7.89. The Morgan fingerprint density at radius 1 is 1.24 bits per heavy atom. The fourth-order valence-corrected chi connectivity index (χ4v) is 3.74. The fraction of sp³-hybridized carbons (Fsp3) is 0.400. The Balaban J connectivity index is 2.29. The number of aromatic nitrogens is 2. The van der Waals surface area contributed by atoms with Crippen molar-refractivity contribution >= 4 is 10.0 Å². The highest BCUT2D eigenvalue weighted by Gasteiger charge is 2.24. The molecule has 2 aromatic rings. The van der Waals surface area contributed by atoms with Crippen molar-refractivity contribution in [2.75, 3.05) is 0 Å². The zero-order valence-corrected chi connectivity index (χ0v) is 13.4. The molecular formula is C15H21N3O2S. The van der Waals surface area contributed by atoms with E-state index in [-0.39, 0.29) is 10.9 Å². The van der Waals surface area contributed by atoms with E-state index in [1.807, 2.05) is 44.2 Å². The molecule has 0 saturated heterocycles. The van der Waals surface area contributed by atoms with Gasteiger partial charge in [-0.05, 0) is 25.8 Å². The first-order chi connectivity index (χ1) is 9.97. The molecule has 1 N–H and O–H groups in total. The molecule has 0 amide bonds. The lowest BCUT2D eigenvalue weighted by Gasteiger charge is -2.17. The van der Waals surface area contributed by atoms with Crippen molar-refractivity contribution in [1.29, 1.82) is 0 Å². The first kappa shape index (κ1) is 15.7. The van der Waals surface area contributed by atoms with Crippen LogP contribution in [0.1, 0.15) is 37.6 Å². The number of hydrogen-bond acceptors (Lipinski definition) is 3. The maximum Gasteiger partial charge on any atom is 0.244 e. The highest BCUT2D eigenvalue weighted by Crippen LogP contribution is 2.21. The Morgan fingerprint density at radius 2 is 1.90 bits per heavy atom. The lowest BCUT2D eigenvalue weighted by Crippen LogP contribution is -2.28. The topological polar surface area (TPSA) is 64.0 Å². The second-order valence-electron chi connectivity index (χ2n) is 4.93. The molecule has 2 rings (SSSR count). The SMILES string of the molecule is CCC(NS(=O)(=O)c1cn(CC)nc1C)c1ccccc1. The monoisotopic (exact) mass is 307 g/mol. The van der Waals surface area contributed by atoms with Crippen LogP contribution in [-0.4, -0.2) is 18.2 Å². The van der Waals surface area contributed by atoms with Gasteiger partial charge in [0.1, 0.15) is 4.90 Å². The van der Waals surface area contributed by atoms with Crippen molar-refractivity contribution in [2.45, 2.75) is 44.7 Å². The second-order valence-corrected chi connectivity index (χ2v) is 6.61. The minimum absolute atomic E-state index is 0.236. The summed E-state index contributed by atoms with van der Waals surface area (Å²) in [5.41, 5.74) is 1.48. The number of aryl methyl sites for hydroxylation is 2. The molecule has 114 valence electrons. The van der Waals surface area contributed by atoms with Gasteiger partial charge < -0.3 is 0 Å². The maximum absolute atomic E-state index is 12.6. The fourth-order valence-electron chi connectivity index (χ4n) is 2.25. The zero-order valence-electron chi connectivity index (χ0n) is 12.6. The van der Waals surface area contributed by atoms with Gasteiger partial charge in [-0.1, -0.05) is 37.3 Å². The molecule has 1 heterocycles. The second kappa shape index (κ2) is 6.41. The van der Waals surface area contributed by atoms with Gasteiger partial charge in [0.2, 0.25) is 10.0 Å². The average Bonchev–Trinajstić information content (AvgIpc) is 2.88. The van der Waals surface area contributed by atoms with Crippen molar-refractivity contribution in [3.8, 4) is 0 Å². The van der Waals surface area contributed by atoms with Crippen LogP contribution in [-0.2, 0) is 16.6 Å². The number of benzene rings is 1. The Kier molecular flexibility index (Phi) is 4.80. The molecule has 1 aromatic carbocycles. The number of nitrogens with zero attached hydrogens (tertiary/aromatic N) is 2. The van der Waals surface area contributed by atoms with Crippen LogP contribution in [0.4, 0.5) is 0 Å². The summed E-state index contributed by atoms with van der Waals surface area (Å²) in [5.74, 6) is 0. The molecule has 0 aliphatic rings. The summed E-state index contributed by atoms with van der Waals surface area (Å²) in [4.78, 5) is 0.249. The number of rotatable bonds is 6. The van der Waals surface area contributed by atoms with Crippen molar-refractivity contribution in [3.63, 3.8) is 0 Å². The van der Waals surface area contributed by atoms with E-state index in [0.717, 1.165) is 5.56 Å². The van der Waals surface area contributed by atoms with Crippen LogP contribution in [0.3, 0.4) is 0 Å². The Hall–Kier alpha value is -1.66. The van der Waals surface area contributed by atoms with Gasteiger partial charge >= 0.3 is 0 Å². The summed E-state index contributed by atoms with van der Waals surface area (Å²) in [5, 5.41) is 4.20.